The van der Waals surface area contributed by atoms with Crippen molar-refractivity contribution < 1.29 is 9.53 Å². The van der Waals surface area contributed by atoms with Crippen LogP contribution in [0.3, 0.4) is 0 Å². The molecule has 1 amide bonds. The van der Waals surface area contributed by atoms with Crippen molar-refractivity contribution in [2.24, 2.45) is 11.5 Å². The third kappa shape index (κ3) is 2.73. The van der Waals surface area contributed by atoms with Gasteiger partial charge in [-0.25, -0.2) is 0 Å². The Morgan fingerprint density at radius 2 is 1.94 bits per heavy atom. The highest BCUT2D eigenvalue weighted by Crippen LogP contribution is 2.20. The topological polar surface area (TPSA) is 78.3 Å². The average Bonchev–Trinajstić information content (AvgIpc) is 2.26. The van der Waals surface area contributed by atoms with Crippen LogP contribution in [0.1, 0.15) is 25.8 Å². The number of carbonyl (C=O) groups is 1. The first-order chi connectivity index (χ1) is 7.48. The maximum absolute atomic E-state index is 11.1. The molecule has 0 aliphatic heterocycles. The van der Waals surface area contributed by atoms with Crippen molar-refractivity contribution in [1.29, 1.82) is 0 Å². The Balaban J connectivity index is 2.82. The van der Waals surface area contributed by atoms with Crippen molar-refractivity contribution in [1.82, 2.24) is 0 Å². The summed E-state index contributed by atoms with van der Waals surface area (Å²) in [6, 6.07) is 7.10. The number of carbonyl (C=O) groups excluding carboxylic acids is 1. The summed E-state index contributed by atoms with van der Waals surface area (Å²) in [7, 11) is 0. The molecule has 88 valence electrons. The van der Waals surface area contributed by atoms with Crippen molar-refractivity contribution >= 4 is 5.91 Å². The summed E-state index contributed by atoms with van der Waals surface area (Å²) in [6.07, 6.45) is 0.956. The Bertz CT molecular complexity index is 358. The predicted molar refractivity (Wildman–Crippen MR) is 63.0 cm³/mol. The zero-order valence-electron chi connectivity index (χ0n) is 9.69. The van der Waals surface area contributed by atoms with E-state index in [4.69, 9.17) is 16.2 Å². The Hall–Kier alpha value is -1.55. The molecular formula is C12H18N2O2. The summed E-state index contributed by atoms with van der Waals surface area (Å²) in [6.45, 7) is 4.31. The van der Waals surface area contributed by atoms with Gasteiger partial charge < -0.3 is 16.2 Å². The van der Waals surface area contributed by atoms with E-state index >= 15 is 0 Å². The van der Waals surface area contributed by atoms with Gasteiger partial charge in [-0.05, 0) is 31.0 Å². The number of hydrogen-bond donors (Lipinski definition) is 2. The molecule has 0 saturated carbocycles. The van der Waals surface area contributed by atoms with Gasteiger partial charge in [0.25, 0.3) is 0 Å². The van der Waals surface area contributed by atoms with E-state index in [2.05, 4.69) is 0 Å². The largest absolute Gasteiger partial charge is 0.494 e. The molecular weight excluding hydrogens is 204 g/mol. The van der Waals surface area contributed by atoms with Gasteiger partial charge in [0.1, 0.15) is 11.3 Å². The molecule has 0 saturated heterocycles. The molecule has 1 atom stereocenters. The van der Waals surface area contributed by atoms with Crippen LogP contribution < -0.4 is 16.2 Å². The second-order valence-corrected chi connectivity index (χ2v) is 3.94. The van der Waals surface area contributed by atoms with Crippen molar-refractivity contribution in [3.05, 3.63) is 29.8 Å². The molecule has 1 aromatic rings. The third-order valence-electron chi connectivity index (χ3n) is 2.44. The molecule has 0 bridgehead atoms. The number of nitrogens with two attached hydrogens (primary N) is 2. The molecule has 0 aliphatic rings. The summed E-state index contributed by atoms with van der Waals surface area (Å²) in [5.41, 5.74) is 10.6. The molecule has 0 aromatic heterocycles. The maximum atomic E-state index is 11.1. The smallest absolute Gasteiger partial charge is 0.241 e. The Morgan fingerprint density at radius 1 is 1.38 bits per heavy atom. The van der Waals surface area contributed by atoms with E-state index in [0.717, 1.165) is 12.2 Å². The maximum Gasteiger partial charge on any atom is 0.241 e. The van der Waals surface area contributed by atoms with Gasteiger partial charge in [-0.2, -0.15) is 0 Å². The second kappa shape index (κ2) is 4.99. The standard InChI is InChI=1S/C12H18N2O2/c1-3-8-16-10-6-4-9(5-7-10)12(2,14)11(13)15/h4-7H,3,8,14H2,1-2H3,(H2,13,15). The van der Waals surface area contributed by atoms with E-state index in [1.54, 1.807) is 31.2 Å². The fourth-order valence-corrected chi connectivity index (χ4v) is 1.26. The van der Waals surface area contributed by atoms with E-state index in [-0.39, 0.29) is 0 Å². The summed E-state index contributed by atoms with van der Waals surface area (Å²) in [5, 5.41) is 0. The van der Waals surface area contributed by atoms with Crippen LogP contribution in [-0.2, 0) is 10.3 Å². The Morgan fingerprint density at radius 3 is 2.38 bits per heavy atom. The van der Waals surface area contributed by atoms with E-state index in [1.165, 1.54) is 0 Å². The molecule has 0 fully saturated rings. The lowest BCUT2D eigenvalue weighted by Crippen LogP contribution is -2.46. The molecule has 4 heteroatoms. The lowest BCUT2D eigenvalue weighted by Gasteiger charge is -2.21. The van der Waals surface area contributed by atoms with Crippen molar-refractivity contribution in [3.8, 4) is 5.75 Å². The molecule has 4 N–H and O–H groups in total. The number of ether oxygens (including phenoxy) is 1. The van der Waals surface area contributed by atoms with Crippen molar-refractivity contribution in [3.63, 3.8) is 0 Å². The first-order valence-corrected chi connectivity index (χ1v) is 5.30. The van der Waals surface area contributed by atoms with Crippen LogP contribution in [0, 0.1) is 0 Å². The molecule has 1 rings (SSSR count). The zero-order chi connectivity index (χ0) is 12.2. The van der Waals surface area contributed by atoms with Gasteiger partial charge in [-0.3, -0.25) is 4.79 Å². The van der Waals surface area contributed by atoms with Crippen molar-refractivity contribution in [2.75, 3.05) is 6.61 Å². The highest BCUT2D eigenvalue weighted by atomic mass is 16.5. The zero-order valence-corrected chi connectivity index (χ0v) is 9.69. The van der Waals surface area contributed by atoms with Gasteiger partial charge in [0.05, 0.1) is 6.61 Å². The molecule has 1 aromatic carbocycles. The monoisotopic (exact) mass is 222 g/mol. The molecule has 16 heavy (non-hydrogen) atoms. The third-order valence-corrected chi connectivity index (χ3v) is 2.44. The first-order valence-electron chi connectivity index (χ1n) is 5.30. The SMILES string of the molecule is CCCOc1ccc(C(C)(N)C(N)=O)cc1. The number of amides is 1. The van der Waals surface area contributed by atoms with Gasteiger partial charge >= 0.3 is 0 Å². The average molecular weight is 222 g/mol. The summed E-state index contributed by atoms with van der Waals surface area (Å²) in [5.74, 6) is 0.223. The van der Waals surface area contributed by atoms with Crippen molar-refractivity contribution in [2.45, 2.75) is 25.8 Å². The van der Waals surface area contributed by atoms with Crippen LogP contribution in [0.2, 0.25) is 0 Å². The fraction of sp³-hybridized carbons (Fsp3) is 0.417. The number of hydrogen-bond acceptors (Lipinski definition) is 3. The Kier molecular flexibility index (Phi) is 3.90. The van der Waals surface area contributed by atoms with Crippen LogP contribution in [0.4, 0.5) is 0 Å². The normalized spacial score (nSPS) is 14.2. The Labute approximate surface area is 95.6 Å². The first kappa shape index (κ1) is 12.5. The number of primary amides is 1. The minimum atomic E-state index is -1.14. The quantitative estimate of drug-likeness (QED) is 0.784. The summed E-state index contributed by atoms with van der Waals surface area (Å²) >= 11 is 0. The highest BCUT2D eigenvalue weighted by molar-refractivity contribution is 5.85. The van der Waals surface area contributed by atoms with Gasteiger partial charge in [0, 0.05) is 0 Å². The van der Waals surface area contributed by atoms with E-state index in [1.807, 2.05) is 6.92 Å². The van der Waals surface area contributed by atoms with Crippen LogP contribution >= 0.6 is 0 Å². The molecule has 0 radical (unpaired) electrons. The van der Waals surface area contributed by atoms with Gasteiger partial charge in [0.15, 0.2) is 0 Å². The van der Waals surface area contributed by atoms with Crippen LogP contribution in [0.5, 0.6) is 5.75 Å². The summed E-state index contributed by atoms with van der Waals surface area (Å²) < 4.78 is 5.43. The lowest BCUT2D eigenvalue weighted by atomic mass is 9.92. The van der Waals surface area contributed by atoms with Crippen LogP contribution in [0.15, 0.2) is 24.3 Å². The fourth-order valence-electron chi connectivity index (χ4n) is 1.26. The minimum Gasteiger partial charge on any atom is -0.494 e. The molecule has 0 aliphatic carbocycles. The predicted octanol–water partition coefficient (Wildman–Crippen LogP) is 1.13. The number of benzene rings is 1. The van der Waals surface area contributed by atoms with Crippen LogP contribution in [0.25, 0.3) is 0 Å². The van der Waals surface area contributed by atoms with Gasteiger partial charge in [0.2, 0.25) is 5.91 Å². The minimum absolute atomic E-state index is 0.547. The molecule has 0 heterocycles. The van der Waals surface area contributed by atoms with Gasteiger partial charge in [-0.1, -0.05) is 19.1 Å². The van der Waals surface area contributed by atoms with E-state index in [0.29, 0.717) is 12.2 Å². The van der Waals surface area contributed by atoms with E-state index in [9.17, 15) is 4.79 Å². The summed E-state index contributed by atoms with van der Waals surface area (Å²) in [4.78, 5) is 11.1. The molecule has 4 nitrogen and oxygen atoms in total. The van der Waals surface area contributed by atoms with Crippen LogP contribution in [-0.4, -0.2) is 12.5 Å². The second-order valence-electron chi connectivity index (χ2n) is 3.94. The molecule has 1 unspecified atom stereocenters. The molecule has 0 spiro atoms. The highest BCUT2D eigenvalue weighted by Gasteiger charge is 2.27. The van der Waals surface area contributed by atoms with Gasteiger partial charge in [-0.15, -0.1) is 0 Å². The van der Waals surface area contributed by atoms with E-state index < -0.39 is 11.4 Å². The number of rotatable bonds is 5. The lowest BCUT2D eigenvalue weighted by molar-refractivity contribution is -0.122.